The van der Waals surface area contributed by atoms with E-state index in [1.54, 1.807) is 6.07 Å². The van der Waals surface area contributed by atoms with E-state index >= 15 is 0 Å². The minimum absolute atomic E-state index is 0.0194. The van der Waals surface area contributed by atoms with E-state index < -0.39 is 12.0 Å². The zero-order valence-electron chi connectivity index (χ0n) is 7.29. The molecule has 0 N–H and O–H groups in total. The van der Waals surface area contributed by atoms with Crippen LogP contribution in [0.25, 0.3) is 0 Å². The fraction of sp³-hybridized carbons (Fsp3) is 0.222. The van der Waals surface area contributed by atoms with Gasteiger partial charge in [-0.3, -0.25) is 9.78 Å². The van der Waals surface area contributed by atoms with E-state index in [1.165, 1.54) is 6.92 Å². The van der Waals surface area contributed by atoms with Gasteiger partial charge in [0.05, 0.1) is 11.1 Å². The highest BCUT2D eigenvalue weighted by Gasteiger charge is 2.17. The van der Waals surface area contributed by atoms with Crippen LogP contribution in [0.15, 0.2) is 6.20 Å². The summed E-state index contributed by atoms with van der Waals surface area (Å²) in [6.07, 6.45) is -1.46. The average molecular weight is 196 g/mol. The highest BCUT2D eigenvalue weighted by Crippen LogP contribution is 2.24. The van der Waals surface area contributed by atoms with Gasteiger partial charge in [-0.05, 0) is 12.5 Å². The number of aromatic nitrogens is 1. The number of halogens is 2. The number of alkyl halides is 2. The minimum atomic E-state index is -2.75. The molecule has 0 spiro atoms. The lowest BCUT2D eigenvalue weighted by atomic mass is 10.0. The summed E-state index contributed by atoms with van der Waals surface area (Å²) in [5, 5.41) is 8.64. The van der Waals surface area contributed by atoms with Gasteiger partial charge in [0.1, 0.15) is 11.8 Å². The SMILES string of the molecule is Cc1c(C=O)ncc(C(F)F)c1C#N. The van der Waals surface area contributed by atoms with Gasteiger partial charge in [0, 0.05) is 6.20 Å². The Bertz CT molecular complexity index is 410. The van der Waals surface area contributed by atoms with Crippen molar-refractivity contribution < 1.29 is 13.6 Å². The molecule has 0 saturated carbocycles. The van der Waals surface area contributed by atoms with Crippen LogP contribution in [0.4, 0.5) is 8.78 Å². The molecule has 0 fully saturated rings. The molecule has 0 amide bonds. The Morgan fingerprint density at radius 1 is 1.64 bits per heavy atom. The first-order valence-corrected chi connectivity index (χ1v) is 3.74. The van der Waals surface area contributed by atoms with E-state index in [1.807, 2.05) is 0 Å². The lowest BCUT2D eigenvalue weighted by Crippen LogP contribution is -2.01. The molecule has 0 radical (unpaired) electrons. The second-order valence-electron chi connectivity index (χ2n) is 2.63. The summed E-state index contributed by atoms with van der Waals surface area (Å²) in [7, 11) is 0. The van der Waals surface area contributed by atoms with Crippen molar-refractivity contribution in [1.82, 2.24) is 4.98 Å². The van der Waals surface area contributed by atoms with E-state index in [9.17, 15) is 13.6 Å². The van der Waals surface area contributed by atoms with Crippen LogP contribution >= 0.6 is 0 Å². The first-order chi connectivity index (χ1) is 6.61. The number of carbonyl (C=O) groups excluding carboxylic acids is 1. The van der Waals surface area contributed by atoms with Crippen molar-refractivity contribution in [2.45, 2.75) is 13.3 Å². The Morgan fingerprint density at radius 2 is 2.29 bits per heavy atom. The summed E-state index contributed by atoms with van der Waals surface area (Å²) in [6, 6.07) is 1.64. The summed E-state index contributed by atoms with van der Waals surface area (Å²) in [5.41, 5.74) is -0.390. The third-order valence-corrected chi connectivity index (χ3v) is 1.85. The summed E-state index contributed by atoms with van der Waals surface area (Å²) in [6.45, 7) is 1.42. The zero-order valence-corrected chi connectivity index (χ0v) is 7.29. The topological polar surface area (TPSA) is 53.8 Å². The molecule has 5 heteroatoms. The molecule has 1 aromatic heterocycles. The van der Waals surface area contributed by atoms with Gasteiger partial charge in [0.15, 0.2) is 6.29 Å². The second-order valence-corrected chi connectivity index (χ2v) is 2.63. The molecule has 1 heterocycles. The summed E-state index contributed by atoms with van der Waals surface area (Å²) in [4.78, 5) is 13.9. The summed E-state index contributed by atoms with van der Waals surface area (Å²) < 4.78 is 24.7. The Morgan fingerprint density at radius 3 is 2.71 bits per heavy atom. The zero-order chi connectivity index (χ0) is 10.7. The van der Waals surface area contributed by atoms with Gasteiger partial charge in [-0.1, -0.05) is 0 Å². The first kappa shape index (κ1) is 10.3. The lowest BCUT2D eigenvalue weighted by molar-refractivity contribution is 0.111. The molecule has 72 valence electrons. The maximum Gasteiger partial charge on any atom is 0.266 e. The molecule has 0 aliphatic heterocycles. The average Bonchev–Trinajstić information content (AvgIpc) is 2.17. The highest BCUT2D eigenvalue weighted by molar-refractivity contribution is 5.75. The Balaban J connectivity index is 3.45. The Kier molecular flexibility index (Phi) is 2.87. The van der Waals surface area contributed by atoms with Gasteiger partial charge in [-0.25, -0.2) is 8.78 Å². The van der Waals surface area contributed by atoms with E-state index in [0.29, 0.717) is 6.29 Å². The number of hydrogen-bond donors (Lipinski definition) is 0. The van der Waals surface area contributed by atoms with Gasteiger partial charge in [0.25, 0.3) is 6.43 Å². The maximum absolute atomic E-state index is 12.4. The molecule has 1 rings (SSSR count). The van der Waals surface area contributed by atoms with Crippen molar-refractivity contribution >= 4 is 6.29 Å². The van der Waals surface area contributed by atoms with E-state index in [0.717, 1.165) is 6.20 Å². The Hall–Kier alpha value is -1.83. The summed E-state index contributed by atoms with van der Waals surface area (Å²) in [5.74, 6) is 0. The number of hydrogen-bond acceptors (Lipinski definition) is 3. The number of pyridine rings is 1. The first-order valence-electron chi connectivity index (χ1n) is 3.74. The third-order valence-electron chi connectivity index (χ3n) is 1.85. The third kappa shape index (κ3) is 1.59. The molecule has 0 aliphatic rings. The standard InChI is InChI=1S/C9H6F2N2O/c1-5-6(2-12)7(9(10)11)3-13-8(5)4-14/h3-4,9H,1H3. The van der Waals surface area contributed by atoms with Crippen LogP contribution in [0, 0.1) is 18.3 Å². The highest BCUT2D eigenvalue weighted by atomic mass is 19.3. The monoisotopic (exact) mass is 196 g/mol. The normalized spacial score (nSPS) is 9.93. The van der Waals surface area contributed by atoms with Crippen LogP contribution in [0.5, 0.6) is 0 Å². The number of aldehydes is 1. The number of rotatable bonds is 2. The van der Waals surface area contributed by atoms with Crippen LogP contribution in [0.2, 0.25) is 0 Å². The predicted molar refractivity (Wildman–Crippen MR) is 44.0 cm³/mol. The van der Waals surface area contributed by atoms with Crippen molar-refractivity contribution in [2.75, 3.05) is 0 Å². The molecular formula is C9H6F2N2O. The molecule has 3 nitrogen and oxygen atoms in total. The van der Waals surface area contributed by atoms with Gasteiger partial charge in [-0.15, -0.1) is 0 Å². The van der Waals surface area contributed by atoms with Crippen LogP contribution in [-0.4, -0.2) is 11.3 Å². The largest absolute Gasteiger partial charge is 0.296 e. The van der Waals surface area contributed by atoms with Crippen molar-refractivity contribution in [3.05, 3.63) is 28.6 Å². The van der Waals surface area contributed by atoms with Gasteiger partial charge in [-0.2, -0.15) is 5.26 Å². The fourth-order valence-corrected chi connectivity index (χ4v) is 1.08. The maximum atomic E-state index is 12.4. The second kappa shape index (κ2) is 3.92. The Labute approximate surface area is 79.0 Å². The quantitative estimate of drug-likeness (QED) is 0.680. The van der Waals surface area contributed by atoms with Crippen molar-refractivity contribution in [3.63, 3.8) is 0 Å². The molecule has 0 unspecified atom stereocenters. The summed E-state index contributed by atoms with van der Waals surface area (Å²) >= 11 is 0. The number of nitrogens with zero attached hydrogens (tertiary/aromatic N) is 2. The predicted octanol–water partition coefficient (Wildman–Crippen LogP) is 2.01. The van der Waals surface area contributed by atoms with E-state index in [-0.39, 0.29) is 16.8 Å². The molecule has 14 heavy (non-hydrogen) atoms. The van der Waals surface area contributed by atoms with Gasteiger partial charge in [0.2, 0.25) is 0 Å². The van der Waals surface area contributed by atoms with Gasteiger partial charge < -0.3 is 0 Å². The van der Waals surface area contributed by atoms with Crippen LogP contribution in [0.1, 0.15) is 33.6 Å². The molecule has 0 bridgehead atoms. The molecule has 0 aliphatic carbocycles. The molecular weight excluding hydrogens is 190 g/mol. The molecule has 0 aromatic carbocycles. The van der Waals surface area contributed by atoms with Gasteiger partial charge >= 0.3 is 0 Å². The van der Waals surface area contributed by atoms with Crippen molar-refractivity contribution in [1.29, 1.82) is 5.26 Å². The van der Waals surface area contributed by atoms with Crippen molar-refractivity contribution in [2.24, 2.45) is 0 Å². The fourth-order valence-electron chi connectivity index (χ4n) is 1.08. The lowest BCUT2D eigenvalue weighted by Gasteiger charge is -2.05. The van der Waals surface area contributed by atoms with E-state index in [2.05, 4.69) is 4.98 Å². The molecule has 0 saturated heterocycles. The van der Waals surface area contributed by atoms with E-state index in [4.69, 9.17) is 5.26 Å². The number of carbonyl (C=O) groups is 1. The molecule has 0 atom stereocenters. The number of nitriles is 1. The van der Waals surface area contributed by atoms with Crippen LogP contribution in [-0.2, 0) is 0 Å². The van der Waals surface area contributed by atoms with Crippen LogP contribution in [0.3, 0.4) is 0 Å². The smallest absolute Gasteiger partial charge is 0.266 e. The van der Waals surface area contributed by atoms with Crippen LogP contribution < -0.4 is 0 Å². The van der Waals surface area contributed by atoms with Crippen molar-refractivity contribution in [3.8, 4) is 6.07 Å². The minimum Gasteiger partial charge on any atom is -0.296 e. The molecule has 1 aromatic rings.